The Morgan fingerprint density at radius 3 is 2.42 bits per heavy atom. The lowest BCUT2D eigenvalue weighted by molar-refractivity contribution is 0.0206. The van der Waals surface area contributed by atoms with Gasteiger partial charge in [0, 0.05) is 28.9 Å². The fraction of sp³-hybridized carbons (Fsp3) is 0.458. The minimum absolute atomic E-state index is 0.374. The van der Waals surface area contributed by atoms with Gasteiger partial charge in [0.1, 0.15) is 17.0 Å². The number of ether oxygens (including phenoxy) is 3. The summed E-state index contributed by atoms with van der Waals surface area (Å²) in [5, 5.41) is 6.66. The van der Waals surface area contributed by atoms with Crippen molar-refractivity contribution in [2.24, 2.45) is 0 Å². The van der Waals surface area contributed by atoms with Crippen LogP contribution < -0.4 is 10.1 Å². The Morgan fingerprint density at radius 1 is 1.12 bits per heavy atom. The molecule has 1 amide bonds. The molecule has 33 heavy (non-hydrogen) atoms. The molecule has 178 valence electrons. The van der Waals surface area contributed by atoms with Gasteiger partial charge < -0.3 is 24.5 Å². The quantitative estimate of drug-likeness (QED) is 0.345. The first kappa shape index (κ1) is 24.6. The second kappa shape index (κ2) is 9.43. The third-order valence-electron chi connectivity index (χ3n) is 4.44. The number of aromatic nitrogens is 2. The SMILES string of the molecule is Cc1nc([C@H](Cc2c[nH]c3ccc(OC(=O)OC(C)(C)C)cc23)NC(=O)OC(C)(C)C)cs1. The van der Waals surface area contributed by atoms with Crippen LogP contribution in [-0.4, -0.2) is 33.4 Å². The predicted octanol–water partition coefficient (Wildman–Crippen LogP) is 6.06. The van der Waals surface area contributed by atoms with Gasteiger partial charge >= 0.3 is 12.2 Å². The maximum Gasteiger partial charge on any atom is 0.514 e. The molecule has 0 unspecified atom stereocenters. The summed E-state index contributed by atoms with van der Waals surface area (Å²) in [6.45, 7) is 12.7. The maximum absolute atomic E-state index is 12.5. The molecule has 8 nitrogen and oxygen atoms in total. The zero-order valence-corrected chi connectivity index (χ0v) is 20.9. The number of hydrogen-bond acceptors (Lipinski definition) is 7. The van der Waals surface area contributed by atoms with Gasteiger partial charge in [-0.15, -0.1) is 11.3 Å². The van der Waals surface area contributed by atoms with Crippen LogP contribution in [0.1, 0.15) is 63.8 Å². The van der Waals surface area contributed by atoms with Crippen LogP contribution in [0.25, 0.3) is 10.9 Å². The molecule has 2 N–H and O–H groups in total. The Balaban J connectivity index is 1.84. The fourth-order valence-corrected chi connectivity index (χ4v) is 3.86. The van der Waals surface area contributed by atoms with E-state index in [-0.39, 0.29) is 6.04 Å². The van der Waals surface area contributed by atoms with Crippen LogP contribution >= 0.6 is 11.3 Å². The first-order valence-corrected chi connectivity index (χ1v) is 11.6. The standard InChI is InChI=1S/C24H31N3O5S/c1-14-26-20(13-33-14)19(27-21(28)31-23(2,3)4)10-15-12-25-18-9-8-16(11-17(15)18)30-22(29)32-24(5,6)7/h8-9,11-13,19,25H,10H2,1-7H3,(H,27,28)/t19-/m0/s1. The number of amides is 1. The number of aryl methyl sites for hydroxylation is 1. The van der Waals surface area contributed by atoms with E-state index in [1.807, 2.05) is 45.3 Å². The minimum Gasteiger partial charge on any atom is -0.444 e. The first-order valence-electron chi connectivity index (χ1n) is 10.7. The molecule has 1 aromatic carbocycles. The van der Waals surface area contributed by atoms with Crippen molar-refractivity contribution >= 4 is 34.5 Å². The number of thiazole rings is 1. The third-order valence-corrected chi connectivity index (χ3v) is 5.23. The number of aromatic amines is 1. The molecule has 0 fully saturated rings. The van der Waals surface area contributed by atoms with Gasteiger partial charge in [0.05, 0.1) is 16.7 Å². The monoisotopic (exact) mass is 473 g/mol. The van der Waals surface area contributed by atoms with E-state index >= 15 is 0 Å². The van der Waals surface area contributed by atoms with Gasteiger partial charge in [0.15, 0.2) is 0 Å². The summed E-state index contributed by atoms with van der Waals surface area (Å²) in [4.78, 5) is 32.4. The minimum atomic E-state index is -0.763. The van der Waals surface area contributed by atoms with Crippen molar-refractivity contribution in [2.75, 3.05) is 0 Å². The number of carbonyl (C=O) groups is 2. The summed E-state index contributed by atoms with van der Waals surface area (Å²) < 4.78 is 16.0. The zero-order valence-electron chi connectivity index (χ0n) is 20.1. The highest BCUT2D eigenvalue weighted by atomic mass is 32.1. The number of carbonyl (C=O) groups excluding carboxylic acids is 2. The largest absolute Gasteiger partial charge is 0.514 e. The highest BCUT2D eigenvalue weighted by Gasteiger charge is 2.24. The Morgan fingerprint density at radius 2 is 1.82 bits per heavy atom. The molecular weight excluding hydrogens is 442 g/mol. The second-order valence-electron chi connectivity index (χ2n) is 9.78. The van der Waals surface area contributed by atoms with Crippen LogP contribution in [0.2, 0.25) is 0 Å². The van der Waals surface area contributed by atoms with Crippen molar-refractivity contribution in [1.82, 2.24) is 15.3 Å². The summed E-state index contributed by atoms with van der Waals surface area (Å²) in [5.74, 6) is 0.374. The third kappa shape index (κ3) is 7.21. The highest BCUT2D eigenvalue weighted by molar-refractivity contribution is 7.09. The van der Waals surface area contributed by atoms with Crippen LogP contribution in [0, 0.1) is 6.92 Å². The molecule has 1 atom stereocenters. The molecule has 0 saturated heterocycles. The zero-order chi connectivity index (χ0) is 24.4. The van der Waals surface area contributed by atoms with Gasteiger partial charge in [-0.1, -0.05) is 0 Å². The average Bonchev–Trinajstić information content (AvgIpc) is 3.24. The molecule has 0 radical (unpaired) electrons. The van der Waals surface area contributed by atoms with Crippen molar-refractivity contribution in [1.29, 1.82) is 0 Å². The molecule has 2 aromatic heterocycles. The summed E-state index contributed by atoms with van der Waals surface area (Å²) in [5.41, 5.74) is 1.32. The summed E-state index contributed by atoms with van der Waals surface area (Å²) in [6.07, 6.45) is 1.08. The van der Waals surface area contributed by atoms with Gasteiger partial charge in [-0.2, -0.15) is 0 Å². The Labute approximate surface area is 197 Å². The first-order chi connectivity index (χ1) is 15.3. The molecule has 0 aliphatic carbocycles. The van der Waals surface area contributed by atoms with Gasteiger partial charge in [0.2, 0.25) is 0 Å². The Bertz CT molecular complexity index is 1140. The van der Waals surface area contributed by atoms with Gasteiger partial charge in [-0.25, -0.2) is 14.6 Å². The smallest absolute Gasteiger partial charge is 0.444 e. The topological polar surface area (TPSA) is 103 Å². The van der Waals surface area contributed by atoms with Crippen LogP contribution in [0.3, 0.4) is 0 Å². The van der Waals surface area contributed by atoms with Gasteiger partial charge in [0.25, 0.3) is 0 Å². The number of H-pyrrole nitrogens is 1. The molecule has 0 aliphatic rings. The van der Waals surface area contributed by atoms with E-state index in [9.17, 15) is 9.59 Å². The van der Waals surface area contributed by atoms with Crippen LogP contribution in [0.4, 0.5) is 9.59 Å². The number of alkyl carbamates (subject to hydrolysis) is 1. The molecule has 3 rings (SSSR count). The number of fused-ring (bicyclic) bond motifs is 1. The molecule has 0 aliphatic heterocycles. The highest BCUT2D eigenvalue weighted by Crippen LogP contribution is 2.29. The molecule has 9 heteroatoms. The molecular formula is C24H31N3O5S. The van der Waals surface area contributed by atoms with Crippen molar-refractivity contribution in [3.63, 3.8) is 0 Å². The second-order valence-corrected chi connectivity index (χ2v) is 10.8. The van der Waals surface area contributed by atoms with Crippen molar-refractivity contribution in [3.8, 4) is 5.75 Å². The fourth-order valence-electron chi connectivity index (χ4n) is 3.20. The van der Waals surface area contributed by atoms with E-state index < -0.39 is 23.5 Å². The molecule has 0 spiro atoms. The van der Waals surface area contributed by atoms with E-state index in [0.29, 0.717) is 12.2 Å². The van der Waals surface area contributed by atoms with Crippen LogP contribution in [0.15, 0.2) is 29.8 Å². The predicted molar refractivity (Wildman–Crippen MR) is 128 cm³/mol. The van der Waals surface area contributed by atoms with E-state index in [2.05, 4.69) is 15.3 Å². The van der Waals surface area contributed by atoms with E-state index in [4.69, 9.17) is 14.2 Å². The summed E-state index contributed by atoms with van der Waals surface area (Å²) in [7, 11) is 0. The number of nitrogens with one attached hydrogen (secondary N) is 2. The van der Waals surface area contributed by atoms with Crippen molar-refractivity contribution < 1.29 is 23.8 Å². The number of nitrogens with zero attached hydrogens (tertiary/aromatic N) is 1. The normalized spacial score (nSPS) is 12.9. The lowest BCUT2D eigenvalue weighted by Gasteiger charge is -2.23. The average molecular weight is 474 g/mol. The number of benzene rings is 1. The van der Waals surface area contributed by atoms with E-state index in [0.717, 1.165) is 27.2 Å². The van der Waals surface area contributed by atoms with Crippen LogP contribution in [0.5, 0.6) is 5.75 Å². The summed E-state index contributed by atoms with van der Waals surface area (Å²) >= 11 is 1.52. The number of hydrogen-bond donors (Lipinski definition) is 2. The maximum atomic E-state index is 12.5. The summed E-state index contributed by atoms with van der Waals surface area (Å²) in [6, 6.07) is 4.93. The molecule has 0 bridgehead atoms. The van der Waals surface area contributed by atoms with Gasteiger partial charge in [-0.05, 0) is 72.2 Å². The Hall–Kier alpha value is -3.07. The van der Waals surface area contributed by atoms with Crippen LogP contribution in [-0.2, 0) is 15.9 Å². The number of rotatable bonds is 5. The van der Waals surface area contributed by atoms with Crippen molar-refractivity contribution in [3.05, 3.63) is 46.0 Å². The van der Waals surface area contributed by atoms with Gasteiger partial charge in [-0.3, -0.25) is 0 Å². The molecule has 2 heterocycles. The Kier molecular flexibility index (Phi) is 7.02. The van der Waals surface area contributed by atoms with E-state index in [1.165, 1.54) is 11.3 Å². The lowest BCUT2D eigenvalue weighted by atomic mass is 10.0. The molecule has 3 aromatic rings. The molecule has 0 saturated carbocycles. The lowest BCUT2D eigenvalue weighted by Crippen LogP contribution is -2.35. The van der Waals surface area contributed by atoms with Crippen molar-refractivity contribution in [2.45, 2.75) is 72.1 Å². The van der Waals surface area contributed by atoms with E-state index in [1.54, 1.807) is 32.9 Å².